The second kappa shape index (κ2) is 7.82. The fourth-order valence-electron chi connectivity index (χ4n) is 7.16. The van der Waals surface area contributed by atoms with Crippen molar-refractivity contribution in [1.82, 2.24) is 9.97 Å². The number of halogens is 2. The van der Waals surface area contributed by atoms with Gasteiger partial charge >= 0.3 is 0 Å². The van der Waals surface area contributed by atoms with E-state index in [1.54, 1.807) is 0 Å². The molecule has 7 aromatic rings. The lowest BCUT2D eigenvalue weighted by Gasteiger charge is -2.30. The molecule has 40 heavy (non-hydrogen) atoms. The van der Waals surface area contributed by atoms with Gasteiger partial charge in [0.25, 0.3) is 0 Å². The van der Waals surface area contributed by atoms with Crippen molar-refractivity contribution in [3.05, 3.63) is 142 Å². The van der Waals surface area contributed by atoms with E-state index in [1.165, 1.54) is 44.5 Å². The molecule has 3 nitrogen and oxygen atoms in total. The maximum absolute atomic E-state index is 6.52. The summed E-state index contributed by atoms with van der Waals surface area (Å²) >= 11 is 12.6. The molecule has 2 heterocycles. The van der Waals surface area contributed by atoms with E-state index in [0.29, 0.717) is 16.7 Å². The number of rotatable bonds is 1. The molecule has 2 aliphatic rings. The van der Waals surface area contributed by atoms with Crippen molar-refractivity contribution in [2.24, 2.45) is 0 Å². The average Bonchev–Trinajstić information content (AvgIpc) is 3.60. The van der Waals surface area contributed by atoms with Crippen molar-refractivity contribution in [1.29, 1.82) is 0 Å². The van der Waals surface area contributed by atoms with Crippen molar-refractivity contribution in [3.8, 4) is 33.4 Å². The predicted molar refractivity (Wildman–Crippen MR) is 161 cm³/mol. The minimum absolute atomic E-state index is 0.0664. The summed E-state index contributed by atoms with van der Waals surface area (Å²) in [5.41, 5.74) is 13.3. The third kappa shape index (κ3) is 2.66. The van der Waals surface area contributed by atoms with Crippen molar-refractivity contribution in [2.75, 3.05) is 0 Å². The Balaban J connectivity index is 1.38. The van der Waals surface area contributed by atoms with Crippen molar-refractivity contribution < 1.29 is 4.42 Å². The third-order valence-corrected chi connectivity index (χ3v) is 9.03. The molecule has 188 valence electrons. The first kappa shape index (κ1) is 22.4. The Bertz CT molecular complexity index is 2170. The Kier molecular flexibility index (Phi) is 4.37. The van der Waals surface area contributed by atoms with E-state index in [2.05, 4.69) is 113 Å². The molecule has 9 rings (SSSR count). The Hall–Kier alpha value is -4.44. The molecule has 0 atom stereocenters. The number of hydrogen-bond acceptors (Lipinski definition) is 3. The first-order chi connectivity index (χ1) is 19.7. The van der Waals surface area contributed by atoms with Crippen LogP contribution in [0.1, 0.15) is 22.3 Å². The zero-order valence-electron chi connectivity index (χ0n) is 21.0. The number of nitrogens with zero attached hydrogens (tertiary/aromatic N) is 2. The quantitative estimate of drug-likeness (QED) is 0.150. The van der Waals surface area contributed by atoms with Crippen LogP contribution in [0.15, 0.2) is 114 Å². The van der Waals surface area contributed by atoms with Crippen LogP contribution in [0, 0.1) is 0 Å². The number of aromatic nitrogens is 2. The molecule has 2 aromatic heterocycles. The van der Waals surface area contributed by atoms with Gasteiger partial charge in [0, 0.05) is 5.39 Å². The Morgan fingerprint density at radius 1 is 0.575 bits per heavy atom. The summed E-state index contributed by atoms with van der Waals surface area (Å²) in [6.45, 7) is 0. The summed E-state index contributed by atoms with van der Waals surface area (Å²) in [7, 11) is 0. The molecule has 0 unspecified atom stereocenters. The van der Waals surface area contributed by atoms with E-state index in [1.807, 2.05) is 6.07 Å². The lowest BCUT2D eigenvalue weighted by Crippen LogP contribution is -2.25. The van der Waals surface area contributed by atoms with Crippen LogP contribution in [-0.2, 0) is 5.41 Å². The van der Waals surface area contributed by atoms with Crippen LogP contribution in [0.5, 0.6) is 0 Å². The Morgan fingerprint density at radius 3 is 1.90 bits per heavy atom. The molecule has 2 aliphatic carbocycles. The molecule has 0 saturated carbocycles. The largest absolute Gasteiger partial charge is 0.437 e. The lowest BCUT2D eigenvalue weighted by molar-refractivity contribution is 0.653. The minimum Gasteiger partial charge on any atom is -0.437 e. The van der Waals surface area contributed by atoms with Crippen molar-refractivity contribution in [3.63, 3.8) is 0 Å². The highest BCUT2D eigenvalue weighted by molar-refractivity contribution is 6.37. The summed E-state index contributed by atoms with van der Waals surface area (Å²) in [5.74, 6) is 0. The summed E-state index contributed by atoms with van der Waals surface area (Å²) in [4.78, 5) is 8.42. The van der Waals surface area contributed by atoms with Crippen LogP contribution in [0.4, 0.5) is 0 Å². The van der Waals surface area contributed by atoms with Crippen molar-refractivity contribution >= 4 is 45.3 Å². The molecule has 0 N–H and O–H groups in total. The van der Waals surface area contributed by atoms with Crippen LogP contribution in [-0.4, -0.2) is 9.97 Å². The van der Waals surface area contributed by atoms with E-state index in [-0.39, 0.29) is 15.9 Å². The highest BCUT2D eigenvalue weighted by Gasteiger charge is 2.51. The van der Waals surface area contributed by atoms with Crippen LogP contribution < -0.4 is 0 Å². The standard InChI is InChI=1S/C35H18Cl2N2O/c36-32-31-24-18-19(16-17-29(24)40-33(31)39-34(37)38-32)20-11-7-15-28-30(20)23-10-3-6-14-27(23)35(28)25-12-4-1-8-21(25)22-9-2-5-13-26(22)35/h1-18H. The van der Waals surface area contributed by atoms with E-state index in [4.69, 9.17) is 27.6 Å². The average molecular weight is 553 g/mol. The molecule has 0 bridgehead atoms. The first-order valence-corrected chi connectivity index (χ1v) is 13.9. The Morgan fingerprint density at radius 2 is 1.18 bits per heavy atom. The molecule has 5 aromatic carbocycles. The van der Waals surface area contributed by atoms with E-state index in [0.717, 1.165) is 16.5 Å². The van der Waals surface area contributed by atoms with Crippen LogP contribution >= 0.6 is 23.2 Å². The molecule has 0 saturated heterocycles. The molecule has 0 amide bonds. The molecular formula is C35H18Cl2N2O. The first-order valence-electron chi connectivity index (χ1n) is 13.1. The Labute approximate surface area is 239 Å². The molecule has 0 aliphatic heterocycles. The summed E-state index contributed by atoms with van der Waals surface area (Å²) in [5, 5.41) is 1.89. The SMILES string of the molecule is Clc1nc(Cl)c2c(n1)oc1ccc(-c3cccc4c3-c3ccccc3C43c4ccccc4-c4ccccc43)cc12. The monoisotopic (exact) mass is 552 g/mol. The van der Waals surface area contributed by atoms with E-state index >= 15 is 0 Å². The number of benzene rings is 5. The van der Waals surface area contributed by atoms with Gasteiger partial charge in [0.2, 0.25) is 11.0 Å². The van der Waals surface area contributed by atoms with E-state index in [9.17, 15) is 0 Å². The highest BCUT2D eigenvalue weighted by atomic mass is 35.5. The maximum atomic E-state index is 6.52. The summed E-state index contributed by atoms with van der Waals surface area (Å²) < 4.78 is 5.99. The lowest BCUT2D eigenvalue weighted by atomic mass is 9.70. The summed E-state index contributed by atoms with van der Waals surface area (Å²) in [6, 6.07) is 39.4. The number of furan rings is 1. The number of hydrogen-bond donors (Lipinski definition) is 0. The highest BCUT2D eigenvalue weighted by Crippen LogP contribution is 2.63. The summed E-state index contributed by atoms with van der Waals surface area (Å²) in [6.07, 6.45) is 0. The molecular weight excluding hydrogens is 535 g/mol. The van der Waals surface area contributed by atoms with Gasteiger partial charge in [-0.2, -0.15) is 4.98 Å². The fourth-order valence-corrected chi connectivity index (χ4v) is 7.63. The van der Waals surface area contributed by atoms with Gasteiger partial charge in [-0.3, -0.25) is 0 Å². The van der Waals surface area contributed by atoms with Gasteiger partial charge in [-0.1, -0.05) is 109 Å². The maximum Gasteiger partial charge on any atom is 0.233 e. The smallest absolute Gasteiger partial charge is 0.233 e. The van der Waals surface area contributed by atoms with Crippen LogP contribution in [0.2, 0.25) is 10.4 Å². The normalized spacial score (nSPS) is 13.9. The van der Waals surface area contributed by atoms with Gasteiger partial charge < -0.3 is 4.42 Å². The van der Waals surface area contributed by atoms with Gasteiger partial charge in [0.1, 0.15) is 10.7 Å². The topological polar surface area (TPSA) is 38.9 Å². The minimum atomic E-state index is -0.380. The van der Waals surface area contributed by atoms with Gasteiger partial charge in [-0.05, 0) is 79.4 Å². The second-order valence-electron chi connectivity index (χ2n) is 10.4. The van der Waals surface area contributed by atoms with Gasteiger partial charge in [-0.25, -0.2) is 4.98 Å². The molecule has 5 heteroatoms. The van der Waals surface area contributed by atoms with Gasteiger partial charge in [0.15, 0.2) is 0 Å². The van der Waals surface area contributed by atoms with Gasteiger partial charge in [0.05, 0.1) is 10.8 Å². The molecule has 0 radical (unpaired) electrons. The zero-order chi connectivity index (χ0) is 26.6. The molecule has 0 fully saturated rings. The van der Waals surface area contributed by atoms with Crippen LogP contribution in [0.3, 0.4) is 0 Å². The third-order valence-electron chi connectivity index (χ3n) is 8.59. The molecule has 1 spiro atoms. The number of fused-ring (bicyclic) bond motifs is 13. The van der Waals surface area contributed by atoms with Crippen molar-refractivity contribution in [2.45, 2.75) is 5.41 Å². The predicted octanol–water partition coefficient (Wildman–Crippen LogP) is 9.69. The zero-order valence-corrected chi connectivity index (χ0v) is 22.5. The van der Waals surface area contributed by atoms with E-state index < -0.39 is 0 Å². The van der Waals surface area contributed by atoms with Gasteiger partial charge in [-0.15, -0.1) is 0 Å². The fraction of sp³-hybridized carbons (Fsp3) is 0.0286. The van der Waals surface area contributed by atoms with Crippen LogP contribution in [0.25, 0.3) is 55.4 Å². The second-order valence-corrected chi connectivity index (χ2v) is 11.1.